The van der Waals surface area contributed by atoms with Gasteiger partial charge in [-0.25, -0.2) is 13.1 Å². The molecule has 0 aromatic rings. The zero-order valence-corrected chi connectivity index (χ0v) is 13.9. The highest BCUT2D eigenvalue weighted by Crippen LogP contribution is 2.07. The van der Waals surface area contributed by atoms with Crippen molar-refractivity contribution >= 4 is 10.0 Å². The van der Waals surface area contributed by atoms with Crippen molar-refractivity contribution in [3.8, 4) is 0 Å². The Kier molecular flexibility index (Phi) is 9.60. The second-order valence-corrected chi connectivity index (χ2v) is 7.71. The molecule has 0 aliphatic carbocycles. The molecule has 0 bridgehead atoms. The van der Waals surface area contributed by atoms with Crippen LogP contribution in [-0.2, 0) is 10.0 Å². The van der Waals surface area contributed by atoms with Gasteiger partial charge in [0.05, 0.1) is 5.75 Å². The normalized spacial score (nSPS) is 14.3. The first-order chi connectivity index (χ1) is 8.76. The Labute approximate surface area is 119 Å². The lowest BCUT2D eigenvalue weighted by molar-refractivity contribution is 0.329. The smallest absolute Gasteiger partial charge is 0.211 e. The predicted molar refractivity (Wildman–Crippen MR) is 81.9 cm³/mol. The maximum absolute atomic E-state index is 12.0. The highest BCUT2D eigenvalue weighted by molar-refractivity contribution is 7.89. The minimum Gasteiger partial charge on any atom is -0.320 e. The van der Waals surface area contributed by atoms with Crippen molar-refractivity contribution in [3.63, 3.8) is 0 Å². The highest BCUT2D eigenvalue weighted by Gasteiger charge is 2.19. The fraction of sp³-hybridized carbons (Fsp3) is 1.00. The zero-order chi connectivity index (χ0) is 14.9. The Morgan fingerprint density at radius 2 is 1.79 bits per heavy atom. The standard InChI is InChI=1S/C13H31N3O2S/c1-12(2)10-13(11-16(4)5)15-19(17,18)9-7-6-8-14-3/h12-15H,6-11H2,1-5H3. The van der Waals surface area contributed by atoms with Crippen LogP contribution in [-0.4, -0.2) is 59.3 Å². The summed E-state index contributed by atoms with van der Waals surface area (Å²) in [6, 6.07) is 0.00398. The first-order valence-electron chi connectivity index (χ1n) is 7.06. The molecular formula is C13H31N3O2S. The van der Waals surface area contributed by atoms with E-state index in [0.717, 1.165) is 25.9 Å². The van der Waals surface area contributed by atoms with Crippen LogP contribution in [0.5, 0.6) is 0 Å². The molecular weight excluding hydrogens is 262 g/mol. The molecule has 0 aromatic heterocycles. The summed E-state index contributed by atoms with van der Waals surface area (Å²) < 4.78 is 26.9. The molecule has 2 N–H and O–H groups in total. The van der Waals surface area contributed by atoms with Gasteiger partial charge in [0.2, 0.25) is 10.0 Å². The van der Waals surface area contributed by atoms with Crippen molar-refractivity contribution < 1.29 is 8.42 Å². The van der Waals surface area contributed by atoms with Gasteiger partial charge in [-0.05, 0) is 52.9 Å². The van der Waals surface area contributed by atoms with E-state index >= 15 is 0 Å². The zero-order valence-electron chi connectivity index (χ0n) is 13.1. The Morgan fingerprint density at radius 1 is 1.16 bits per heavy atom. The summed E-state index contributed by atoms with van der Waals surface area (Å²) in [6.07, 6.45) is 2.46. The molecule has 0 aliphatic rings. The number of hydrogen-bond donors (Lipinski definition) is 2. The fourth-order valence-electron chi connectivity index (χ4n) is 2.08. The Morgan fingerprint density at radius 3 is 2.26 bits per heavy atom. The summed E-state index contributed by atoms with van der Waals surface area (Å²) in [4.78, 5) is 2.02. The molecule has 0 saturated carbocycles. The van der Waals surface area contributed by atoms with Crippen LogP contribution in [0.25, 0.3) is 0 Å². The molecule has 6 heteroatoms. The van der Waals surface area contributed by atoms with Gasteiger partial charge in [0.1, 0.15) is 0 Å². The van der Waals surface area contributed by atoms with E-state index in [2.05, 4.69) is 23.9 Å². The molecule has 0 aliphatic heterocycles. The van der Waals surface area contributed by atoms with Crippen molar-refractivity contribution in [2.75, 3.05) is 40.0 Å². The molecule has 0 rings (SSSR count). The van der Waals surface area contributed by atoms with E-state index in [1.807, 2.05) is 26.0 Å². The minimum absolute atomic E-state index is 0.00398. The summed E-state index contributed by atoms with van der Waals surface area (Å²) in [6.45, 7) is 5.84. The van der Waals surface area contributed by atoms with Gasteiger partial charge in [0.25, 0.3) is 0 Å². The van der Waals surface area contributed by atoms with Gasteiger partial charge in [-0.3, -0.25) is 0 Å². The van der Waals surface area contributed by atoms with Crippen molar-refractivity contribution in [1.29, 1.82) is 0 Å². The van der Waals surface area contributed by atoms with Crippen molar-refractivity contribution in [2.45, 2.75) is 39.2 Å². The summed E-state index contributed by atoms with van der Waals surface area (Å²) in [5.41, 5.74) is 0. The van der Waals surface area contributed by atoms with Crippen molar-refractivity contribution in [3.05, 3.63) is 0 Å². The van der Waals surface area contributed by atoms with E-state index in [4.69, 9.17) is 0 Å². The second-order valence-electron chi connectivity index (χ2n) is 5.84. The van der Waals surface area contributed by atoms with E-state index in [-0.39, 0.29) is 11.8 Å². The fourth-order valence-corrected chi connectivity index (χ4v) is 3.46. The summed E-state index contributed by atoms with van der Waals surface area (Å²) in [5.74, 6) is 0.702. The number of likely N-dealkylation sites (N-methyl/N-ethyl adjacent to an activating group) is 1. The number of sulfonamides is 1. The van der Waals surface area contributed by atoms with Crippen LogP contribution >= 0.6 is 0 Å². The third-order valence-electron chi connectivity index (χ3n) is 2.78. The van der Waals surface area contributed by atoms with Gasteiger partial charge in [-0.15, -0.1) is 0 Å². The maximum Gasteiger partial charge on any atom is 0.211 e. The van der Waals surface area contributed by atoms with Crippen LogP contribution in [0, 0.1) is 5.92 Å². The first kappa shape index (κ1) is 18.8. The highest BCUT2D eigenvalue weighted by atomic mass is 32.2. The van der Waals surface area contributed by atoms with Crippen molar-refractivity contribution in [1.82, 2.24) is 14.9 Å². The average Bonchev–Trinajstić information content (AvgIpc) is 2.21. The third kappa shape index (κ3) is 11.4. The Hall–Kier alpha value is -0.170. The topological polar surface area (TPSA) is 61.4 Å². The molecule has 0 spiro atoms. The number of nitrogens with zero attached hydrogens (tertiary/aromatic N) is 1. The molecule has 0 saturated heterocycles. The monoisotopic (exact) mass is 293 g/mol. The molecule has 5 nitrogen and oxygen atoms in total. The lowest BCUT2D eigenvalue weighted by Gasteiger charge is -2.23. The molecule has 116 valence electrons. The van der Waals surface area contributed by atoms with Gasteiger partial charge >= 0.3 is 0 Å². The number of unbranched alkanes of at least 4 members (excludes halogenated alkanes) is 1. The van der Waals surface area contributed by atoms with Crippen LogP contribution in [0.3, 0.4) is 0 Å². The predicted octanol–water partition coefficient (Wildman–Crippen LogP) is 0.882. The molecule has 0 amide bonds. The van der Waals surface area contributed by atoms with Crippen LogP contribution in [0.2, 0.25) is 0 Å². The van der Waals surface area contributed by atoms with E-state index in [0.29, 0.717) is 12.3 Å². The SMILES string of the molecule is CNCCCCS(=O)(=O)NC(CC(C)C)CN(C)C. The summed E-state index contributed by atoms with van der Waals surface area (Å²) in [7, 11) is 2.65. The lowest BCUT2D eigenvalue weighted by Crippen LogP contribution is -2.43. The molecule has 0 heterocycles. The van der Waals surface area contributed by atoms with Crippen molar-refractivity contribution in [2.24, 2.45) is 5.92 Å². The summed E-state index contributed by atoms with van der Waals surface area (Å²) >= 11 is 0. The van der Waals surface area contributed by atoms with E-state index in [1.165, 1.54) is 0 Å². The summed E-state index contributed by atoms with van der Waals surface area (Å²) in [5, 5.41) is 3.03. The Balaban J connectivity index is 4.29. The van der Waals surface area contributed by atoms with Crippen LogP contribution in [0.4, 0.5) is 0 Å². The molecule has 0 radical (unpaired) electrons. The molecule has 1 atom stereocenters. The van der Waals surface area contributed by atoms with Crippen LogP contribution in [0.1, 0.15) is 33.1 Å². The first-order valence-corrected chi connectivity index (χ1v) is 8.71. The molecule has 1 unspecified atom stereocenters. The third-order valence-corrected chi connectivity index (χ3v) is 4.30. The number of hydrogen-bond acceptors (Lipinski definition) is 4. The van der Waals surface area contributed by atoms with Crippen LogP contribution in [0.15, 0.2) is 0 Å². The quantitative estimate of drug-likeness (QED) is 0.555. The van der Waals surface area contributed by atoms with Crippen LogP contribution < -0.4 is 10.0 Å². The number of nitrogens with one attached hydrogen (secondary N) is 2. The van der Waals surface area contributed by atoms with E-state index in [1.54, 1.807) is 0 Å². The number of rotatable bonds is 11. The lowest BCUT2D eigenvalue weighted by atomic mass is 10.0. The Bertz CT molecular complexity index is 306. The molecule has 0 aromatic carbocycles. The van der Waals surface area contributed by atoms with Gasteiger partial charge in [-0.2, -0.15) is 0 Å². The molecule has 0 fully saturated rings. The van der Waals surface area contributed by atoms with E-state index in [9.17, 15) is 8.42 Å². The van der Waals surface area contributed by atoms with Gasteiger partial charge in [0.15, 0.2) is 0 Å². The maximum atomic E-state index is 12.0. The minimum atomic E-state index is -3.16. The van der Waals surface area contributed by atoms with E-state index < -0.39 is 10.0 Å². The molecule has 19 heavy (non-hydrogen) atoms. The second kappa shape index (κ2) is 9.69. The van der Waals surface area contributed by atoms with Gasteiger partial charge in [0, 0.05) is 12.6 Å². The largest absolute Gasteiger partial charge is 0.320 e. The average molecular weight is 293 g/mol. The van der Waals surface area contributed by atoms with Gasteiger partial charge in [-0.1, -0.05) is 13.8 Å². The van der Waals surface area contributed by atoms with Gasteiger partial charge < -0.3 is 10.2 Å².